The molecule has 2 rings (SSSR count). The number of fused-ring (bicyclic) bond motifs is 1. The van der Waals surface area contributed by atoms with Gasteiger partial charge < -0.3 is 25.4 Å². The molecular formula is C15H21NO5. The third-order valence-electron chi connectivity index (χ3n) is 3.75. The number of rotatable bonds is 7. The maximum Gasteiger partial charge on any atom is 0.258 e. The number of ether oxygens (including phenoxy) is 1. The van der Waals surface area contributed by atoms with E-state index >= 15 is 0 Å². The van der Waals surface area contributed by atoms with Crippen LogP contribution < -0.4 is 10.1 Å². The number of aryl methyl sites for hydroxylation is 2. The average Bonchev–Trinajstić information content (AvgIpc) is 2.98. The second kappa shape index (κ2) is 6.89. The standard InChI is InChI=1S/C15H21NO5/c17-8-15(9-18,10-19)16-14(20)7-21-13-5-4-11-2-1-3-12(11)6-13/h4-6,17-19H,1-3,7-10H2,(H,16,20). The van der Waals surface area contributed by atoms with Gasteiger partial charge in [0.05, 0.1) is 19.8 Å². The molecule has 0 unspecified atom stereocenters. The summed E-state index contributed by atoms with van der Waals surface area (Å²) in [6, 6.07) is 5.77. The Bertz CT molecular complexity index is 491. The van der Waals surface area contributed by atoms with Crippen LogP contribution in [0.15, 0.2) is 18.2 Å². The van der Waals surface area contributed by atoms with Crippen LogP contribution in [0, 0.1) is 0 Å². The van der Waals surface area contributed by atoms with E-state index in [-0.39, 0.29) is 6.61 Å². The maximum absolute atomic E-state index is 11.8. The molecule has 6 heteroatoms. The Morgan fingerprint density at radius 3 is 2.48 bits per heavy atom. The van der Waals surface area contributed by atoms with Crippen molar-refractivity contribution in [1.82, 2.24) is 5.32 Å². The number of hydrogen-bond acceptors (Lipinski definition) is 5. The predicted molar refractivity (Wildman–Crippen MR) is 76.1 cm³/mol. The third kappa shape index (κ3) is 3.72. The molecule has 1 aromatic rings. The van der Waals surface area contributed by atoms with Crippen molar-refractivity contribution in [2.24, 2.45) is 0 Å². The lowest BCUT2D eigenvalue weighted by molar-refractivity contribution is -0.127. The molecule has 1 amide bonds. The van der Waals surface area contributed by atoms with Gasteiger partial charge in [0.15, 0.2) is 6.61 Å². The quantitative estimate of drug-likeness (QED) is 0.538. The van der Waals surface area contributed by atoms with Crippen molar-refractivity contribution in [3.63, 3.8) is 0 Å². The topological polar surface area (TPSA) is 99.0 Å². The van der Waals surface area contributed by atoms with E-state index in [1.165, 1.54) is 11.1 Å². The number of amides is 1. The van der Waals surface area contributed by atoms with E-state index in [1.807, 2.05) is 18.2 Å². The largest absolute Gasteiger partial charge is 0.484 e. The lowest BCUT2D eigenvalue weighted by atomic mass is 10.0. The summed E-state index contributed by atoms with van der Waals surface area (Å²) in [7, 11) is 0. The lowest BCUT2D eigenvalue weighted by Crippen LogP contribution is -2.58. The normalized spacial score (nSPS) is 13.9. The zero-order valence-electron chi connectivity index (χ0n) is 11.8. The number of carbonyl (C=O) groups excluding carboxylic acids is 1. The second-order valence-corrected chi connectivity index (χ2v) is 5.38. The maximum atomic E-state index is 11.8. The van der Waals surface area contributed by atoms with E-state index in [0.29, 0.717) is 5.75 Å². The fraction of sp³-hybridized carbons (Fsp3) is 0.533. The van der Waals surface area contributed by atoms with Gasteiger partial charge in [-0.1, -0.05) is 6.07 Å². The molecule has 0 saturated carbocycles. The van der Waals surface area contributed by atoms with Crippen LogP contribution in [0.25, 0.3) is 0 Å². The highest BCUT2D eigenvalue weighted by Gasteiger charge is 2.30. The minimum atomic E-state index is -1.42. The summed E-state index contributed by atoms with van der Waals surface area (Å²) in [4.78, 5) is 11.8. The van der Waals surface area contributed by atoms with Gasteiger partial charge in [-0.3, -0.25) is 4.79 Å². The van der Waals surface area contributed by atoms with Gasteiger partial charge in [0.2, 0.25) is 0 Å². The van der Waals surface area contributed by atoms with Crippen molar-refractivity contribution in [2.75, 3.05) is 26.4 Å². The smallest absolute Gasteiger partial charge is 0.258 e. The first-order chi connectivity index (χ1) is 10.1. The van der Waals surface area contributed by atoms with Gasteiger partial charge in [-0.15, -0.1) is 0 Å². The number of aliphatic hydroxyl groups excluding tert-OH is 3. The summed E-state index contributed by atoms with van der Waals surface area (Å²) in [5.41, 5.74) is 1.16. The van der Waals surface area contributed by atoms with E-state index in [2.05, 4.69) is 5.32 Å². The Morgan fingerprint density at radius 2 is 1.81 bits per heavy atom. The average molecular weight is 295 g/mol. The minimum absolute atomic E-state index is 0.236. The second-order valence-electron chi connectivity index (χ2n) is 5.38. The van der Waals surface area contributed by atoms with Gasteiger partial charge in [-0.05, 0) is 42.5 Å². The first-order valence-electron chi connectivity index (χ1n) is 7.00. The molecule has 0 bridgehead atoms. The lowest BCUT2D eigenvalue weighted by Gasteiger charge is -2.28. The Hall–Kier alpha value is -1.63. The molecule has 116 valence electrons. The van der Waals surface area contributed by atoms with Crippen LogP contribution in [-0.4, -0.2) is 53.2 Å². The summed E-state index contributed by atoms with van der Waals surface area (Å²) in [5, 5.41) is 29.8. The molecule has 0 atom stereocenters. The van der Waals surface area contributed by atoms with Gasteiger partial charge in [-0.2, -0.15) is 0 Å². The fourth-order valence-corrected chi connectivity index (χ4v) is 2.39. The molecule has 0 aliphatic heterocycles. The molecule has 21 heavy (non-hydrogen) atoms. The molecule has 1 aromatic carbocycles. The third-order valence-corrected chi connectivity index (χ3v) is 3.75. The van der Waals surface area contributed by atoms with Gasteiger partial charge >= 0.3 is 0 Å². The van der Waals surface area contributed by atoms with Crippen LogP contribution in [0.2, 0.25) is 0 Å². The summed E-state index contributed by atoms with van der Waals surface area (Å²) in [6.45, 7) is -1.89. The number of carbonyl (C=O) groups is 1. The van der Waals surface area contributed by atoms with Crippen LogP contribution in [0.5, 0.6) is 5.75 Å². The number of aliphatic hydroxyl groups is 3. The highest BCUT2D eigenvalue weighted by molar-refractivity contribution is 5.78. The van der Waals surface area contributed by atoms with Gasteiger partial charge in [0.25, 0.3) is 5.91 Å². The van der Waals surface area contributed by atoms with Gasteiger partial charge in [0.1, 0.15) is 11.3 Å². The molecule has 6 nitrogen and oxygen atoms in total. The molecule has 0 heterocycles. The van der Waals surface area contributed by atoms with E-state index < -0.39 is 31.3 Å². The molecule has 0 radical (unpaired) electrons. The van der Waals surface area contributed by atoms with E-state index in [4.69, 9.17) is 20.1 Å². The predicted octanol–water partition coefficient (Wildman–Crippen LogP) is -0.614. The van der Waals surface area contributed by atoms with Crippen molar-refractivity contribution >= 4 is 5.91 Å². The molecule has 0 saturated heterocycles. The van der Waals surface area contributed by atoms with Crippen molar-refractivity contribution in [3.8, 4) is 5.75 Å². The molecule has 4 N–H and O–H groups in total. The van der Waals surface area contributed by atoms with Crippen LogP contribution >= 0.6 is 0 Å². The summed E-state index contributed by atoms with van der Waals surface area (Å²) >= 11 is 0. The number of hydrogen-bond donors (Lipinski definition) is 4. The van der Waals surface area contributed by atoms with Crippen LogP contribution in [0.1, 0.15) is 17.5 Å². The Kier molecular flexibility index (Phi) is 5.17. The Balaban J connectivity index is 1.89. The first-order valence-corrected chi connectivity index (χ1v) is 7.00. The molecular weight excluding hydrogens is 274 g/mol. The van der Waals surface area contributed by atoms with Crippen molar-refractivity contribution in [2.45, 2.75) is 24.8 Å². The van der Waals surface area contributed by atoms with Crippen LogP contribution in [0.3, 0.4) is 0 Å². The fourth-order valence-electron chi connectivity index (χ4n) is 2.39. The molecule has 0 fully saturated rings. The minimum Gasteiger partial charge on any atom is -0.484 e. The summed E-state index contributed by atoms with van der Waals surface area (Å²) in [5.74, 6) is 0.112. The van der Waals surface area contributed by atoms with E-state index in [0.717, 1.165) is 19.3 Å². The molecule has 1 aliphatic rings. The van der Waals surface area contributed by atoms with Crippen LogP contribution in [0.4, 0.5) is 0 Å². The van der Waals surface area contributed by atoms with Crippen molar-refractivity contribution < 1.29 is 24.9 Å². The highest BCUT2D eigenvalue weighted by atomic mass is 16.5. The summed E-state index contributed by atoms with van der Waals surface area (Å²) < 4.78 is 5.42. The zero-order chi connectivity index (χ0) is 15.3. The van der Waals surface area contributed by atoms with E-state index in [9.17, 15) is 4.79 Å². The van der Waals surface area contributed by atoms with Crippen molar-refractivity contribution in [1.29, 1.82) is 0 Å². The van der Waals surface area contributed by atoms with Gasteiger partial charge in [-0.25, -0.2) is 0 Å². The Morgan fingerprint density at radius 1 is 1.14 bits per heavy atom. The zero-order valence-corrected chi connectivity index (χ0v) is 11.8. The Labute approximate surface area is 123 Å². The number of benzene rings is 1. The highest BCUT2D eigenvalue weighted by Crippen LogP contribution is 2.25. The number of nitrogens with one attached hydrogen (secondary N) is 1. The van der Waals surface area contributed by atoms with Crippen molar-refractivity contribution in [3.05, 3.63) is 29.3 Å². The van der Waals surface area contributed by atoms with Gasteiger partial charge in [0, 0.05) is 0 Å². The van der Waals surface area contributed by atoms with E-state index in [1.54, 1.807) is 0 Å². The van der Waals surface area contributed by atoms with Crippen LogP contribution in [-0.2, 0) is 17.6 Å². The molecule has 1 aliphatic carbocycles. The molecule has 0 aromatic heterocycles. The first kappa shape index (κ1) is 15.8. The molecule has 0 spiro atoms. The summed E-state index contributed by atoms with van der Waals surface area (Å²) in [6.07, 6.45) is 3.26. The monoisotopic (exact) mass is 295 g/mol. The SMILES string of the molecule is O=C(COc1ccc2c(c1)CCC2)NC(CO)(CO)CO.